The van der Waals surface area contributed by atoms with E-state index in [9.17, 15) is 0 Å². The zero-order valence-electron chi connectivity index (χ0n) is 16.4. The largest absolute Gasteiger partial charge is 0.456 e. The first-order valence-corrected chi connectivity index (χ1v) is 9.77. The van der Waals surface area contributed by atoms with Crippen LogP contribution < -0.4 is 4.74 Å². The molecule has 7 heteroatoms. The van der Waals surface area contributed by atoms with Crippen molar-refractivity contribution in [2.75, 3.05) is 13.2 Å². The van der Waals surface area contributed by atoms with Crippen molar-refractivity contribution in [3.05, 3.63) is 16.8 Å². The Morgan fingerprint density at radius 3 is 2.77 bits per heavy atom. The number of aryl methyl sites for hydroxylation is 2. The minimum absolute atomic E-state index is 0.0732. The molecule has 2 aromatic heterocycles. The van der Waals surface area contributed by atoms with Crippen LogP contribution in [0.15, 0.2) is 6.07 Å². The van der Waals surface area contributed by atoms with E-state index in [0.717, 1.165) is 16.9 Å². The van der Waals surface area contributed by atoms with Crippen LogP contribution in [0, 0.1) is 12.8 Å². The van der Waals surface area contributed by atoms with Crippen molar-refractivity contribution in [2.45, 2.75) is 65.9 Å². The Bertz CT molecular complexity index is 794. The van der Waals surface area contributed by atoms with Crippen molar-refractivity contribution in [3.8, 4) is 6.01 Å². The maximum atomic E-state index is 6.21. The van der Waals surface area contributed by atoms with Gasteiger partial charge in [-0.2, -0.15) is 4.98 Å². The van der Waals surface area contributed by atoms with Gasteiger partial charge in [0.15, 0.2) is 11.8 Å². The molecule has 2 aliphatic rings. The smallest absolute Gasteiger partial charge is 0.299 e. The van der Waals surface area contributed by atoms with E-state index in [2.05, 4.69) is 23.8 Å². The molecule has 0 aromatic carbocycles. The van der Waals surface area contributed by atoms with Crippen LogP contribution in [-0.2, 0) is 16.0 Å². The van der Waals surface area contributed by atoms with E-state index >= 15 is 0 Å². The third-order valence-corrected chi connectivity index (χ3v) is 5.74. The highest BCUT2D eigenvalue weighted by molar-refractivity contribution is 6.31. The Labute approximate surface area is 159 Å². The number of halogens is 1. The second-order valence-electron chi connectivity index (χ2n) is 6.84. The minimum Gasteiger partial charge on any atom is -0.456 e. The molecule has 2 aliphatic heterocycles. The Balaban J connectivity index is 0.000000948. The van der Waals surface area contributed by atoms with Crippen LogP contribution in [0.4, 0.5) is 0 Å². The highest BCUT2D eigenvalue weighted by Crippen LogP contribution is 2.42. The molecule has 0 radical (unpaired) electrons. The topological polar surface area (TPSA) is 58.4 Å². The summed E-state index contributed by atoms with van der Waals surface area (Å²) in [6.45, 7) is 14.1. The fraction of sp³-hybridized carbons (Fsp3) is 0.684. The van der Waals surface area contributed by atoms with Gasteiger partial charge in [-0.3, -0.25) is 4.57 Å². The van der Waals surface area contributed by atoms with Gasteiger partial charge in [-0.25, -0.2) is 4.98 Å². The van der Waals surface area contributed by atoms with Gasteiger partial charge in [-0.1, -0.05) is 32.4 Å². The summed E-state index contributed by atoms with van der Waals surface area (Å²) in [5.74, 6) is 0.351. The molecule has 0 amide bonds. The molecule has 0 spiro atoms. The van der Waals surface area contributed by atoms with Crippen molar-refractivity contribution >= 4 is 22.8 Å². The molecule has 2 aromatic rings. The van der Waals surface area contributed by atoms with Gasteiger partial charge in [0.1, 0.15) is 17.2 Å². The van der Waals surface area contributed by atoms with Gasteiger partial charge in [0.2, 0.25) is 0 Å². The fourth-order valence-electron chi connectivity index (χ4n) is 3.61. The Morgan fingerprint density at radius 2 is 2.08 bits per heavy atom. The number of nitrogens with zero attached hydrogens (tertiary/aromatic N) is 3. The molecular formula is C19H28ClN3O3. The molecule has 144 valence electrons. The number of fused-ring (bicyclic) bond motifs is 2. The predicted molar refractivity (Wildman–Crippen MR) is 102 cm³/mol. The lowest BCUT2D eigenvalue weighted by Gasteiger charge is -2.26. The molecule has 0 saturated carbocycles. The second-order valence-corrected chi connectivity index (χ2v) is 7.25. The van der Waals surface area contributed by atoms with Gasteiger partial charge >= 0.3 is 0 Å². The summed E-state index contributed by atoms with van der Waals surface area (Å²) in [5.41, 5.74) is 2.03. The van der Waals surface area contributed by atoms with Crippen LogP contribution in [0.25, 0.3) is 11.2 Å². The maximum absolute atomic E-state index is 6.21. The molecule has 0 N–H and O–H groups in total. The zero-order valence-corrected chi connectivity index (χ0v) is 17.1. The van der Waals surface area contributed by atoms with E-state index in [-0.39, 0.29) is 17.8 Å². The van der Waals surface area contributed by atoms with Gasteiger partial charge in [0, 0.05) is 12.5 Å². The predicted octanol–water partition coefficient (Wildman–Crippen LogP) is 4.01. The maximum Gasteiger partial charge on any atom is 0.299 e. The van der Waals surface area contributed by atoms with Crippen molar-refractivity contribution in [3.63, 3.8) is 0 Å². The van der Waals surface area contributed by atoms with Gasteiger partial charge in [-0.15, -0.1) is 0 Å². The van der Waals surface area contributed by atoms with Gasteiger partial charge in [-0.05, 0) is 26.8 Å². The molecule has 2 fully saturated rings. The molecular weight excluding hydrogens is 354 g/mol. The zero-order chi connectivity index (χ0) is 19.1. The summed E-state index contributed by atoms with van der Waals surface area (Å²) in [7, 11) is 0. The molecule has 0 aliphatic carbocycles. The van der Waals surface area contributed by atoms with E-state index < -0.39 is 0 Å². The molecule has 4 heterocycles. The van der Waals surface area contributed by atoms with Crippen molar-refractivity contribution in [2.24, 2.45) is 5.92 Å². The lowest BCUT2D eigenvalue weighted by atomic mass is 9.88. The third kappa shape index (κ3) is 2.98. The monoisotopic (exact) mass is 381 g/mol. The Morgan fingerprint density at radius 1 is 1.35 bits per heavy atom. The van der Waals surface area contributed by atoms with Crippen LogP contribution >= 0.6 is 11.6 Å². The van der Waals surface area contributed by atoms with E-state index in [1.54, 1.807) is 0 Å². The third-order valence-electron chi connectivity index (χ3n) is 5.35. The molecule has 26 heavy (non-hydrogen) atoms. The van der Waals surface area contributed by atoms with E-state index in [0.29, 0.717) is 36.7 Å². The number of hydrogen-bond donors (Lipinski definition) is 0. The van der Waals surface area contributed by atoms with Gasteiger partial charge < -0.3 is 14.2 Å². The number of rotatable bonds is 3. The number of imidazole rings is 1. The molecule has 6 nitrogen and oxygen atoms in total. The summed E-state index contributed by atoms with van der Waals surface area (Å²) in [6.07, 6.45) is -0.241. The van der Waals surface area contributed by atoms with Crippen molar-refractivity contribution in [1.82, 2.24) is 14.5 Å². The highest BCUT2D eigenvalue weighted by Gasteiger charge is 2.56. The quantitative estimate of drug-likeness (QED) is 0.803. The summed E-state index contributed by atoms with van der Waals surface area (Å²) in [6, 6.07) is 2.38. The molecule has 4 rings (SSSR count). The molecule has 2 saturated heterocycles. The van der Waals surface area contributed by atoms with Crippen molar-refractivity contribution < 1.29 is 14.2 Å². The van der Waals surface area contributed by atoms with E-state index in [1.807, 2.05) is 38.3 Å². The summed E-state index contributed by atoms with van der Waals surface area (Å²) >= 11 is 6.18. The van der Waals surface area contributed by atoms with Crippen LogP contribution in [0.3, 0.4) is 0 Å². The van der Waals surface area contributed by atoms with Gasteiger partial charge in [0.25, 0.3) is 6.01 Å². The second kappa shape index (κ2) is 7.33. The Kier molecular flexibility index (Phi) is 5.47. The first kappa shape index (κ1) is 19.4. The summed E-state index contributed by atoms with van der Waals surface area (Å²) in [4.78, 5) is 9.15. The summed E-state index contributed by atoms with van der Waals surface area (Å²) < 4.78 is 20.1. The highest BCUT2D eigenvalue weighted by atomic mass is 35.5. The molecule has 2 unspecified atom stereocenters. The number of hydrogen-bond acceptors (Lipinski definition) is 5. The van der Waals surface area contributed by atoms with Gasteiger partial charge in [0.05, 0.1) is 23.9 Å². The van der Waals surface area contributed by atoms with Crippen LogP contribution in [0.5, 0.6) is 6.01 Å². The first-order chi connectivity index (χ1) is 12.4. The Hall–Kier alpha value is -1.37. The van der Waals surface area contributed by atoms with Crippen LogP contribution in [0.1, 0.15) is 40.3 Å². The lowest BCUT2D eigenvalue weighted by Crippen LogP contribution is -2.42. The van der Waals surface area contributed by atoms with Crippen molar-refractivity contribution in [1.29, 1.82) is 0 Å². The first-order valence-electron chi connectivity index (χ1n) is 9.39. The minimum atomic E-state index is -0.286. The number of pyridine rings is 1. The normalized spacial score (nSPS) is 30.2. The standard InChI is InChI=1S/C17H22ClN3O3.C2H6/c1-5-21-15-12(6-11(18)10(3)19-15)20-16(21)24-13-8-23-17(4)9(2)7-22-14(13)17;1-2/h6,9,13-14H,5,7-8H2,1-4H3;1-2H3/t9?,13?,14-,17-;/m1./s1. The SMILES string of the molecule is CC.CCn1c(OC2CO[C@]3(C)C(C)CO[C@H]23)nc2cc(Cl)c(C)nc21. The molecule has 0 bridgehead atoms. The fourth-order valence-corrected chi connectivity index (χ4v) is 3.75. The lowest BCUT2D eigenvalue weighted by molar-refractivity contribution is -0.0260. The van der Waals surface area contributed by atoms with E-state index in [1.165, 1.54) is 0 Å². The van der Waals surface area contributed by atoms with E-state index in [4.69, 9.17) is 25.8 Å². The van der Waals surface area contributed by atoms with Crippen LogP contribution in [-0.4, -0.2) is 45.6 Å². The molecule has 4 atom stereocenters. The summed E-state index contributed by atoms with van der Waals surface area (Å²) in [5, 5.41) is 0.611. The number of ether oxygens (including phenoxy) is 3. The van der Waals surface area contributed by atoms with Crippen LogP contribution in [0.2, 0.25) is 5.02 Å². The number of aromatic nitrogens is 3. The average molecular weight is 382 g/mol. The average Bonchev–Trinajstić information content (AvgIpc) is 3.23.